The molecular formula is C18H18N6O. The van der Waals surface area contributed by atoms with E-state index in [4.69, 9.17) is 0 Å². The van der Waals surface area contributed by atoms with Gasteiger partial charge in [0.15, 0.2) is 0 Å². The lowest BCUT2D eigenvalue weighted by Gasteiger charge is -2.35. The molecule has 4 rings (SSSR count). The van der Waals surface area contributed by atoms with E-state index in [9.17, 15) is 4.79 Å². The van der Waals surface area contributed by atoms with Gasteiger partial charge in [-0.15, -0.1) is 0 Å². The molecule has 3 heterocycles. The summed E-state index contributed by atoms with van der Waals surface area (Å²) >= 11 is 0. The molecule has 0 atom stereocenters. The van der Waals surface area contributed by atoms with E-state index < -0.39 is 0 Å². The van der Waals surface area contributed by atoms with E-state index in [1.807, 2.05) is 42.7 Å². The molecule has 2 aromatic heterocycles. The highest BCUT2D eigenvalue weighted by atomic mass is 16.1. The lowest BCUT2D eigenvalue weighted by atomic mass is 10.1. The third-order valence-electron chi connectivity index (χ3n) is 4.30. The molecule has 1 fully saturated rings. The molecule has 7 heteroatoms. The van der Waals surface area contributed by atoms with Crippen LogP contribution in [0.1, 0.15) is 0 Å². The fourth-order valence-corrected chi connectivity index (χ4v) is 2.91. The van der Waals surface area contributed by atoms with Gasteiger partial charge in [-0.1, -0.05) is 30.3 Å². The number of benzene rings is 1. The third-order valence-corrected chi connectivity index (χ3v) is 4.30. The van der Waals surface area contributed by atoms with E-state index in [0.717, 1.165) is 49.1 Å². The Labute approximate surface area is 145 Å². The van der Waals surface area contributed by atoms with E-state index in [2.05, 4.69) is 30.0 Å². The Morgan fingerprint density at radius 1 is 0.800 bits per heavy atom. The van der Waals surface area contributed by atoms with Gasteiger partial charge in [0.25, 0.3) is 5.56 Å². The highest BCUT2D eigenvalue weighted by Gasteiger charge is 2.20. The molecule has 25 heavy (non-hydrogen) atoms. The Morgan fingerprint density at radius 2 is 1.48 bits per heavy atom. The molecule has 1 saturated heterocycles. The van der Waals surface area contributed by atoms with Crippen LogP contribution in [-0.2, 0) is 0 Å². The minimum absolute atomic E-state index is 0.186. The second kappa shape index (κ2) is 6.72. The number of rotatable bonds is 3. The summed E-state index contributed by atoms with van der Waals surface area (Å²) in [5, 5.41) is 6.56. The molecule has 0 radical (unpaired) electrons. The molecule has 3 aromatic rings. The van der Waals surface area contributed by atoms with Crippen molar-refractivity contribution in [2.75, 3.05) is 36.0 Å². The maximum absolute atomic E-state index is 11.1. The van der Waals surface area contributed by atoms with Crippen LogP contribution in [0, 0.1) is 0 Å². The van der Waals surface area contributed by atoms with Gasteiger partial charge in [-0.3, -0.25) is 4.79 Å². The number of H-pyrrole nitrogens is 1. The highest BCUT2D eigenvalue weighted by Crippen LogP contribution is 2.19. The second-order valence-electron chi connectivity index (χ2n) is 5.89. The first-order valence-electron chi connectivity index (χ1n) is 8.23. The number of nitrogens with one attached hydrogen (secondary N) is 1. The van der Waals surface area contributed by atoms with Gasteiger partial charge in [0, 0.05) is 50.2 Å². The summed E-state index contributed by atoms with van der Waals surface area (Å²) in [6.45, 7) is 3.24. The number of aromatic nitrogens is 4. The van der Waals surface area contributed by atoms with Gasteiger partial charge in [0.1, 0.15) is 5.82 Å². The summed E-state index contributed by atoms with van der Waals surface area (Å²) in [7, 11) is 0. The molecule has 0 amide bonds. The number of nitrogens with zero attached hydrogens (tertiary/aromatic N) is 5. The Morgan fingerprint density at radius 3 is 2.12 bits per heavy atom. The molecule has 1 aliphatic rings. The first-order chi connectivity index (χ1) is 12.3. The molecule has 0 saturated carbocycles. The quantitative estimate of drug-likeness (QED) is 0.783. The Bertz CT molecular complexity index is 865. The van der Waals surface area contributed by atoms with Crippen LogP contribution in [0.4, 0.5) is 11.8 Å². The van der Waals surface area contributed by atoms with Crippen molar-refractivity contribution < 1.29 is 0 Å². The van der Waals surface area contributed by atoms with Crippen molar-refractivity contribution >= 4 is 11.8 Å². The minimum atomic E-state index is -0.186. The summed E-state index contributed by atoms with van der Waals surface area (Å²) in [6, 6.07) is 13.4. The lowest BCUT2D eigenvalue weighted by molar-refractivity contribution is 0.631. The summed E-state index contributed by atoms with van der Waals surface area (Å²) in [4.78, 5) is 24.5. The summed E-state index contributed by atoms with van der Waals surface area (Å²) in [5.41, 5.74) is 1.94. The average molecular weight is 334 g/mol. The largest absolute Gasteiger partial charge is 0.352 e. The van der Waals surface area contributed by atoms with Crippen LogP contribution < -0.4 is 15.4 Å². The lowest BCUT2D eigenvalue weighted by Crippen LogP contribution is -2.47. The normalized spacial score (nSPS) is 14.6. The Hall–Kier alpha value is -3.22. The fraction of sp³-hybridized carbons (Fsp3) is 0.222. The number of anilines is 2. The Kier molecular flexibility index (Phi) is 4.12. The molecule has 7 nitrogen and oxygen atoms in total. The fourth-order valence-electron chi connectivity index (χ4n) is 2.91. The number of piperazine rings is 1. The SMILES string of the molecule is O=c1ccc(N2CCN(c3ncc(-c4ccccc4)cn3)CC2)n[nH]1. The van der Waals surface area contributed by atoms with Gasteiger partial charge in [-0.2, -0.15) is 5.10 Å². The zero-order valence-corrected chi connectivity index (χ0v) is 13.7. The standard InChI is InChI=1S/C18H18N6O/c25-17-7-6-16(21-22-17)23-8-10-24(11-9-23)18-19-12-15(13-20-18)14-4-2-1-3-5-14/h1-7,12-13H,8-11H2,(H,22,25). The predicted molar refractivity (Wildman–Crippen MR) is 96.8 cm³/mol. The van der Waals surface area contributed by atoms with Gasteiger partial charge in [0.2, 0.25) is 5.95 Å². The highest BCUT2D eigenvalue weighted by molar-refractivity contribution is 5.61. The molecule has 1 N–H and O–H groups in total. The van der Waals surface area contributed by atoms with Crippen LogP contribution in [0.25, 0.3) is 11.1 Å². The van der Waals surface area contributed by atoms with Crippen molar-refractivity contribution in [2.24, 2.45) is 0 Å². The van der Waals surface area contributed by atoms with Crippen LogP contribution in [0.3, 0.4) is 0 Å². The molecule has 0 spiro atoms. The molecule has 0 unspecified atom stereocenters. The molecule has 1 aromatic carbocycles. The van der Waals surface area contributed by atoms with Gasteiger partial charge in [-0.25, -0.2) is 15.1 Å². The number of aromatic amines is 1. The van der Waals surface area contributed by atoms with Crippen LogP contribution in [-0.4, -0.2) is 46.3 Å². The van der Waals surface area contributed by atoms with Crippen LogP contribution >= 0.6 is 0 Å². The summed E-state index contributed by atoms with van der Waals surface area (Å²) in [6.07, 6.45) is 3.74. The van der Waals surface area contributed by atoms with Gasteiger partial charge in [-0.05, 0) is 11.6 Å². The average Bonchev–Trinajstić information content (AvgIpc) is 2.70. The van der Waals surface area contributed by atoms with Crippen LogP contribution in [0.5, 0.6) is 0 Å². The number of hydrogen-bond donors (Lipinski definition) is 1. The zero-order valence-electron chi connectivity index (χ0n) is 13.7. The van der Waals surface area contributed by atoms with Crippen molar-refractivity contribution in [1.82, 2.24) is 20.2 Å². The molecule has 126 valence electrons. The van der Waals surface area contributed by atoms with Crippen molar-refractivity contribution in [1.29, 1.82) is 0 Å². The second-order valence-corrected chi connectivity index (χ2v) is 5.89. The maximum atomic E-state index is 11.1. The van der Waals surface area contributed by atoms with E-state index >= 15 is 0 Å². The molecule has 1 aliphatic heterocycles. The van der Waals surface area contributed by atoms with Gasteiger partial charge >= 0.3 is 0 Å². The van der Waals surface area contributed by atoms with E-state index in [1.54, 1.807) is 6.07 Å². The summed E-state index contributed by atoms with van der Waals surface area (Å²) in [5.74, 6) is 1.54. The first-order valence-corrected chi connectivity index (χ1v) is 8.23. The van der Waals surface area contributed by atoms with E-state index in [-0.39, 0.29) is 5.56 Å². The first kappa shape index (κ1) is 15.3. The molecule has 0 aliphatic carbocycles. The van der Waals surface area contributed by atoms with E-state index in [0.29, 0.717) is 0 Å². The maximum Gasteiger partial charge on any atom is 0.264 e. The zero-order chi connectivity index (χ0) is 17.1. The summed E-state index contributed by atoms with van der Waals surface area (Å²) < 4.78 is 0. The van der Waals surface area contributed by atoms with Crippen LogP contribution in [0.15, 0.2) is 59.7 Å². The van der Waals surface area contributed by atoms with Crippen molar-refractivity contribution in [2.45, 2.75) is 0 Å². The van der Waals surface area contributed by atoms with Crippen LogP contribution in [0.2, 0.25) is 0 Å². The van der Waals surface area contributed by atoms with Gasteiger partial charge in [0.05, 0.1) is 0 Å². The number of hydrogen-bond acceptors (Lipinski definition) is 6. The Balaban J connectivity index is 1.42. The van der Waals surface area contributed by atoms with Gasteiger partial charge < -0.3 is 9.80 Å². The smallest absolute Gasteiger partial charge is 0.264 e. The topological polar surface area (TPSA) is 78.0 Å². The molecular weight excluding hydrogens is 316 g/mol. The van der Waals surface area contributed by atoms with E-state index in [1.165, 1.54) is 6.07 Å². The van der Waals surface area contributed by atoms with Crippen molar-refractivity contribution in [3.8, 4) is 11.1 Å². The van der Waals surface area contributed by atoms with Crippen molar-refractivity contribution in [3.63, 3.8) is 0 Å². The van der Waals surface area contributed by atoms with Crippen molar-refractivity contribution in [3.05, 3.63) is 65.2 Å². The monoisotopic (exact) mass is 334 g/mol. The minimum Gasteiger partial charge on any atom is -0.352 e. The predicted octanol–water partition coefficient (Wildman–Crippen LogP) is 1.55. The molecule has 0 bridgehead atoms. The third kappa shape index (κ3) is 3.35.